The van der Waals surface area contributed by atoms with Gasteiger partial charge in [0, 0.05) is 22.9 Å². The molecule has 0 amide bonds. The molecule has 0 radical (unpaired) electrons. The predicted octanol–water partition coefficient (Wildman–Crippen LogP) is 2.57. The van der Waals surface area contributed by atoms with Crippen LogP contribution in [0.3, 0.4) is 0 Å². The Labute approximate surface area is 100 Å². The van der Waals surface area contributed by atoms with E-state index in [2.05, 4.69) is 10.7 Å². The second-order valence-corrected chi connectivity index (χ2v) is 5.18. The Hall–Kier alpha value is -0.250. The SMILES string of the molecule is CNC1COc2c(C3CC3)csc2C1.Cl. The lowest BCUT2D eigenvalue weighted by atomic mass is 10.1. The van der Waals surface area contributed by atoms with Crippen molar-refractivity contribution >= 4 is 23.7 Å². The van der Waals surface area contributed by atoms with E-state index < -0.39 is 0 Å². The molecule has 0 saturated heterocycles. The van der Waals surface area contributed by atoms with Crippen molar-refractivity contribution in [2.24, 2.45) is 0 Å². The van der Waals surface area contributed by atoms with Crippen LogP contribution in [0.5, 0.6) is 5.75 Å². The van der Waals surface area contributed by atoms with Gasteiger partial charge in [0.1, 0.15) is 12.4 Å². The summed E-state index contributed by atoms with van der Waals surface area (Å²) in [5.74, 6) is 2.05. The van der Waals surface area contributed by atoms with Crippen molar-refractivity contribution in [1.82, 2.24) is 5.32 Å². The molecule has 1 aliphatic heterocycles. The van der Waals surface area contributed by atoms with Crippen LogP contribution in [0.4, 0.5) is 0 Å². The smallest absolute Gasteiger partial charge is 0.136 e. The van der Waals surface area contributed by atoms with Gasteiger partial charge in [-0.1, -0.05) is 0 Å². The molecule has 1 saturated carbocycles. The molecule has 1 aliphatic carbocycles. The van der Waals surface area contributed by atoms with Crippen LogP contribution >= 0.6 is 23.7 Å². The average molecular weight is 246 g/mol. The first-order valence-corrected chi connectivity index (χ1v) is 6.16. The molecule has 2 aliphatic rings. The van der Waals surface area contributed by atoms with Gasteiger partial charge in [0.2, 0.25) is 0 Å². The lowest BCUT2D eigenvalue weighted by molar-refractivity contribution is 0.246. The summed E-state index contributed by atoms with van der Waals surface area (Å²) in [6, 6.07) is 0.508. The van der Waals surface area contributed by atoms with E-state index in [-0.39, 0.29) is 12.4 Å². The number of fused-ring (bicyclic) bond motifs is 1. The highest BCUT2D eigenvalue weighted by Crippen LogP contribution is 2.48. The Bertz CT molecular complexity index is 348. The summed E-state index contributed by atoms with van der Waals surface area (Å²) in [6.45, 7) is 0.833. The minimum atomic E-state index is 0. The van der Waals surface area contributed by atoms with E-state index in [9.17, 15) is 0 Å². The number of ether oxygens (including phenoxy) is 1. The third-order valence-corrected chi connectivity index (χ3v) is 4.14. The molecule has 3 rings (SSSR count). The number of hydrogen-bond acceptors (Lipinski definition) is 3. The van der Waals surface area contributed by atoms with Crippen molar-refractivity contribution in [2.45, 2.75) is 31.2 Å². The van der Waals surface area contributed by atoms with Crippen molar-refractivity contribution in [1.29, 1.82) is 0 Å². The number of likely N-dealkylation sites (N-methyl/N-ethyl adjacent to an activating group) is 1. The van der Waals surface area contributed by atoms with Gasteiger partial charge < -0.3 is 10.1 Å². The molecular weight excluding hydrogens is 230 g/mol. The molecule has 0 aromatic carbocycles. The molecule has 0 bridgehead atoms. The minimum Gasteiger partial charge on any atom is -0.490 e. The second kappa shape index (κ2) is 4.32. The fourth-order valence-electron chi connectivity index (χ4n) is 2.04. The molecule has 1 atom stereocenters. The van der Waals surface area contributed by atoms with Gasteiger partial charge in [0.25, 0.3) is 0 Å². The molecule has 1 aromatic heterocycles. The van der Waals surface area contributed by atoms with E-state index in [4.69, 9.17) is 4.74 Å². The van der Waals surface area contributed by atoms with Crippen LogP contribution in [0, 0.1) is 0 Å². The quantitative estimate of drug-likeness (QED) is 0.865. The molecule has 2 heterocycles. The number of hydrogen-bond donors (Lipinski definition) is 1. The van der Waals surface area contributed by atoms with Gasteiger partial charge in [-0.3, -0.25) is 0 Å². The fourth-order valence-corrected chi connectivity index (χ4v) is 3.19. The van der Waals surface area contributed by atoms with Gasteiger partial charge in [0.05, 0.1) is 0 Å². The van der Waals surface area contributed by atoms with Crippen LogP contribution in [0.1, 0.15) is 29.2 Å². The molecular formula is C11H16ClNOS. The number of rotatable bonds is 2. The zero-order valence-corrected chi connectivity index (χ0v) is 10.4. The second-order valence-electron chi connectivity index (χ2n) is 4.22. The molecule has 15 heavy (non-hydrogen) atoms. The van der Waals surface area contributed by atoms with Crippen molar-refractivity contribution in [3.63, 3.8) is 0 Å². The Morgan fingerprint density at radius 3 is 2.93 bits per heavy atom. The van der Waals surface area contributed by atoms with E-state index in [0.29, 0.717) is 6.04 Å². The van der Waals surface area contributed by atoms with E-state index in [0.717, 1.165) is 18.9 Å². The van der Waals surface area contributed by atoms with Crippen LogP contribution < -0.4 is 10.1 Å². The van der Waals surface area contributed by atoms with Crippen LogP contribution in [0.25, 0.3) is 0 Å². The molecule has 0 spiro atoms. The third kappa shape index (κ3) is 2.01. The zero-order valence-electron chi connectivity index (χ0n) is 8.79. The van der Waals surface area contributed by atoms with E-state index in [1.807, 2.05) is 18.4 Å². The minimum absolute atomic E-state index is 0. The van der Waals surface area contributed by atoms with Gasteiger partial charge >= 0.3 is 0 Å². The van der Waals surface area contributed by atoms with Gasteiger partial charge in [-0.25, -0.2) is 0 Å². The maximum Gasteiger partial charge on any atom is 0.136 e. The Morgan fingerprint density at radius 1 is 1.47 bits per heavy atom. The highest BCUT2D eigenvalue weighted by molar-refractivity contribution is 7.10. The largest absolute Gasteiger partial charge is 0.490 e. The molecule has 4 heteroatoms. The molecule has 1 fully saturated rings. The van der Waals surface area contributed by atoms with Gasteiger partial charge in [0.15, 0.2) is 0 Å². The lowest BCUT2D eigenvalue weighted by Gasteiger charge is -2.23. The summed E-state index contributed by atoms with van der Waals surface area (Å²) >= 11 is 1.87. The first-order chi connectivity index (χ1) is 6.88. The number of halogens is 1. The maximum absolute atomic E-state index is 5.85. The Balaban J connectivity index is 0.000000853. The topological polar surface area (TPSA) is 21.3 Å². The monoisotopic (exact) mass is 245 g/mol. The summed E-state index contributed by atoms with van der Waals surface area (Å²) in [7, 11) is 2.01. The normalized spacial score (nSPS) is 23.9. The summed E-state index contributed by atoms with van der Waals surface area (Å²) in [5.41, 5.74) is 1.49. The Morgan fingerprint density at radius 2 is 2.27 bits per heavy atom. The average Bonchev–Trinajstić information content (AvgIpc) is 2.98. The first-order valence-electron chi connectivity index (χ1n) is 5.29. The summed E-state index contributed by atoms with van der Waals surface area (Å²) in [5, 5.41) is 5.59. The standard InChI is InChI=1S/C11H15NOS.ClH/c1-12-8-4-10-11(13-5-8)9(6-14-10)7-2-3-7;/h6-8,12H,2-5H2,1H3;1H. The Kier molecular flexibility index (Phi) is 3.24. The number of thiophene rings is 1. The van der Waals surface area contributed by atoms with Crippen LogP contribution in [0.15, 0.2) is 5.38 Å². The maximum atomic E-state index is 5.85. The van der Waals surface area contributed by atoms with Gasteiger partial charge in [-0.15, -0.1) is 23.7 Å². The van der Waals surface area contributed by atoms with Crippen molar-refractivity contribution in [2.75, 3.05) is 13.7 Å². The van der Waals surface area contributed by atoms with Crippen molar-refractivity contribution in [3.8, 4) is 5.75 Å². The van der Waals surface area contributed by atoms with E-state index in [1.165, 1.54) is 29.0 Å². The fraction of sp³-hybridized carbons (Fsp3) is 0.636. The van der Waals surface area contributed by atoms with Crippen LogP contribution in [-0.4, -0.2) is 19.7 Å². The molecule has 2 nitrogen and oxygen atoms in total. The van der Waals surface area contributed by atoms with Crippen molar-refractivity contribution < 1.29 is 4.74 Å². The summed E-state index contributed by atoms with van der Waals surface area (Å²) in [4.78, 5) is 1.44. The van der Waals surface area contributed by atoms with Crippen molar-refractivity contribution in [3.05, 3.63) is 15.8 Å². The predicted molar refractivity (Wildman–Crippen MR) is 65.6 cm³/mol. The highest BCUT2D eigenvalue weighted by Gasteiger charge is 2.31. The van der Waals surface area contributed by atoms with E-state index in [1.54, 1.807) is 0 Å². The van der Waals surface area contributed by atoms with Crippen LogP contribution in [0.2, 0.25) is 0 Å². The van der Waals surface area contributed by atoms with Gasteiger partial charge in [-0.05, 0) is 31.2 Å². The molecule has 1 N–H and O–H groups in total. The van der Waals surface area contributed by atoms with E-state index >= 15 is 0 Å². The highest BCUT2D eigenvalue weighted by atomic mass is 35.5. The lowest BCUT2D eigenvalue weighted by Crippen LogP contribution is -2.36. The van der Waals surface area contributed by atoms with Gasteiger partial charge in [-0.2, -0.15) is 0 Å². The molecule has 1 unspecified atom stereocenters. The molecule has 84 valence electrons. The van der Waals surface area contributed by atoms with Crippen LogP contribution in [-0.2, 0) is 6.42 Å². The first kappa shape index (κ1) is 11.2. The molecule has 1 aromatic rings. The summed E-state index contributed by atoms with van der Waals surface area (Å²) in [6.07, 6.45) is 3.87. The summed E-state index contributed by atoms with van der Waals surface area (Å²) < 4.78 is 5.85. The zero-order chi connectivity index (χ0) is 9.54. The number of nitrogens with one attached hydrogen (secondary N) is 1. The third-order valence-electron chi connectivity index (χ3n) is 3.13.